The normalized spacial score (nSPS) is 11.1. The molecule has 0 aliphatic rings. The van der Waals surface area contributed by atoms with Gasteiger partial charge < -0.3 is 10.3 Å². The molecule has 0 spiro atoms. The van der Waals surface area contributed by atoms with Crippen molar-refractivity contribution in [2.24, 2.45) is 0 Å². The van der Waals surface area contributed by atoms with Gasteiger partial charge in [-0.15, -0.1) is 0 Å². The molecule has 3 nitrogen and oxygen atoms in total. The molecule has 0 bridgehead atoms. The summed E-state index contributed by atoms with van der Waals surface area (Å²) in [5, 5.41) is 3.18. The van der Waals surface area contributed by atoms with Crippen molar-refractivity contribution in [1.29, 1.82) is 0 Å². The van der Waals surface area contributed by atoms with Gasteiger partial charge in [0.25, 0.3) is 0 Å². The molecule has 0 aliphatic carbocycles. The molecule has 0 radical (unpaired) electrons. The molecule has 0 saturated carbocycles. The van der Waals surface area contributed by atoms with E-state index in [1.807, 2.05) is 13.1 Å². The number of benzene rings is 2. The lowest BCUT2D eigenvalue weighted by molar-refractivity contribution is 0.792. The summed E-state index contributed by atoms with van der Waals surface area (Å²) in [4.78, 5) is 8.09. The topological polar surface area (TPSA) is 40.7 Å². The molecule has 20 heavy (non-hydrogen) atoms. The standard InChI is InChI=1S/C17H19N3/c1-18-10-9-14-7-8-15-16(11-14)20-17(19-15)12-13-5-3-2-4-6-13/h2-8,11,18H,9-10,12H2,1H3,(H,19,20). The summed E-state index contributed by atoms with van der Waals surface area (Å²) in [6.45, 7) is 0.997. The zero-order chi connectivity index (χ0) is 13.8. The number of fused-ring (bicyclic) bond motifs is 1. The number of hydrogen-bond donors (Lipinski definition) is 2. The smallest absolute Gasteiger partial charge is 0.111 e. The van der Waals surface area contributed by atoms with Crippen molar-refractivity contribution in [1.82, 2.24) is 15.3 Å². The summed E-state index contributed by atoms with van der Waals surface area (Å²) in [5.41, 5.74) is 4.79. The number of likely N-dealkylation sites (N-methyl/N-ethyl adjacent to an activating group) is 1. The lowest BCUT2D eigenvalue weighted by Gasteiger charge is -1.99. The van der Waals surface area contributed by atoms with Crippen LogP contribution in [0, 0.1) is 0 Å². The van der Waals surface area contributed by atoms with Crippen LogP contribution in [0.1, 0.15) is 17.0 Å². The Bertz CT molecular complexity index is 686. The largest absolute Gasteiger partial charge is 0.342 e. The SMILES string of the molecule is CNCCc1ccc2nc(Cc3ccccc3)[nH]c2c1. The second-order valence-electron chi connectivity index (χ2n) is 5.05. The summed E-state index contributed by atoms with van der Waals surface area (Å²) in [6.07, 6.45) is 1.89. The first kappa shape index (κ1) is 12.9. The van der Waals surface area contributed by atoms with E-state index < -0.39 is 0 Å². The Morgan fingerprint density at radius 3 is 2.70 bits per heavy atom. The van der Waals surface area contributed by atoms with Gasteiger partial charge in [-0.05, 0) is 43.3 Å². The highest BCUT2D eigenvalue weighted by Gasteiger charge is 2.04. The summed E-state index contributed by atoms with van der Waals surface area (Å²) in [6, 6.07) is 16.9. The van der Waals surface area contributed by atoms with Gasteiger partial charge in [0.2, 0.25) is 0 Å². The van der Waals surface area contributed by atoms with Gasteiger partial charge in [-0.25, -0.2) is 4.98 Å². The van der Waals surface area contributed by atoms with Crippen LogP contribution >= 0.6 is 0 Å². The van der Waals surface area contributed by atoms with E-state index in [9.17, 15) is 0 Å². The molecular weight excluding hydrogens is 246 g/mol. The number of aromatic nitrogens is 2. The van der Waals surface area contributed by atoms with Gasteiger partial charge >= 0.3 is 0 Å². The van der Waals surface area contributed by atoms with Crippen LogP contribution in [-0.4, -0.2) is 23.6 Å². The number of H-pyrrole nitrogens is 1. The van der Waals surface area contributed by atoms with Crippen LogP contribution in [0.15, 0.2) is 48.5 Å². The highest BCUT2D eigenvalue weighted by atomic mass is 14.9. The molecule has 0 atom stereocenters. The molecule has 3 heteroatoms. The van der Waals surface area contributed by atoms with Gasteiger partial charge in [0.05, 0.1) is 11.0 Å². The fourth-order valence-corrected chi connectivity index (χ4v) is 2.41. The first-order chi connectivity index (χ1) is 9.85. The average molecular weight is 265 g/mol. The van der Waals surface area contributed by atoms with Gasteiger partial charge in [0.1, 0.15) is 5.82 Å². The highest BCUT2D eigenvalue weighted by molar-refractivity contribution is 5.76. The van der Waals surface area contributed by atoms with Crippen molar-refractivity contribution in [3.8, 4) is 0 Å². The lowest BCUT2D eigenvalue weighted by Crippen LogP contribution is -2.10. The van der Waals surface area contributed by atoms with Crippen LogP contribution in [0.25, 0.3) is 11.0 Å². The molecular formula is C17H19N3. The van der Waals surface area contributed by atoms with Crippen LogP contribution in [0.3, 0.4) is 0 Å². The van der Waals surface area contributed by atoms with E-state index in [1.165, 1.54) is 11.1 Å². The molecule has 102 valence electrons. The molecule has 3 aromatic rings. The molecule has 3 rings (SSSR count). The predicted molar refractivity (Wildman–Crippen MR) is 83.0 cm³/mol. The third kappa shape index (κ3) is 2.89. The maximum atomic E-state index is 4.66. The van der Waals surface area contributed by atoms with E-state index in [1.54, 1.807) is 0 Å². The van der Waals surface area contributed by atoms with E-state index in [2.05, 4.69) is 57.7 Å². The third-order valence-corrected chi connectivity index (χ3v) is 3.47. The number of aromatic amines is 1. The van der Waals surface area contributed by atoms with Gasteiger partial charge in [-0.2, -0.15) is 0 Å². The first-order valence-corrected chi connectivity index (χ1v) is 7.01. The number of hydrogen-bond acceptors (Lipinski definition) is 2. The Hall–Kier alpha value is -2.13. The van der Waals surface area contributed by atoms with Crippen molar-refractivity contribution in [2.75, 3.05) is 13.6 Å². The maximum absolute atomic E-state index is 4.66. The Kier molecular flexibility index (Phi) is 3.79. The Balaban J connectivity index is 1.83. The van der Waals surface area contributed by atoms with E-state index >= 15 is 0 Å². The molecule has 0 amide bonds. The minimum absolute atomic E-state index is 0.849. The summed E-state index contributed by atoms with van der Waals surface area (Å²) in [7, 11) is 1.98. The van der Waals surface area contributed by atoms with E-state index in [4.69, 9.17) is 0 Å². The van der Waals surface area contributed by atoms with Crippen molar-refractivity contribution in [3.05, 3.63) is 65.5 Å². The monoisotopic (exact) mass is 265 g/mol. The third-order valence-electron chi connectivity index (χ3n) is 3.47. The molecule has 0 fully saturated rings. The maximum Gasteiger partial charge on any atom is 0.111 e. The van der Waals surface area contributed by atoms with Gasteiger partial charge in [0, 0.05) is 6.42 Å². The zero-order valence-electron chi connectivity index (χ0n) is 11.7. The molecule has 0 aliphatic heterocycles. The van der Waals surface area contributed by atoms with Crippen molar-refractivity contribution < 1.29 is 0 Å². The summed E-state index contributed by atoms with van der Waals surface area (Å²) >= 11 is 0. The zero-order valence-corrected chi connectivity index (χ0v) is 11.7. The van der Waals surface area contributed by atoms with Gasteiger partial charge in [0.15, 0.2) is 0 Å². The number of imidazole rings is 1. The quantitative estimate of drug-likeness (QED) is 0.744. The van der Waals surface area contributed by atoms with Crippen molar-refractivity contribution >= 4 is 11.0 Å². The Morgan fingerprint density at radius 2 is 1.90 bits per heavy atom. The average Bonchev–Trinajstić information content (AvgIpc) is 2.87. The lowest BCUT2D eigenvalue weighted by atomic mass is 10.1. The highest BCUT2D eigenvalue weighted by Crippen LogP contribution is 2.16. The van der Waals surface area contributed by atoms with Crippen LogP contribution < -0.4 is 5.32 Å². The van der Waals surface area contributed by atoms with Crippen LogP contribution in [0.4, 0.5) is 0 Å². The second kappa shape index (κ2) is 5.88. The van der Waals surface area contributed by atoms with Crippen molar-refractivity contribution in [3.63, 3.8) is 0 Å². The fraction of sp³-hybridized carbons (Fsp3) is 0.235. The number of nitrogens with one attached hydrogen (secondary N) is 2. The summed E-state index contributed by atoms with van der Waals surface area (Å²) in [5.74, 6) is 1.02. The van der Waals surface area contributed by atoms with Crippen LogP contribution in [-0.2, 0) is 12.8 Å². The van der Waals surface area contributed by atoms with Gasteiger partial charge in [-0.1, -0.05) is 36.4 Å². The molecule has 2 N–H and O–H groups in total. The minimum Gasteiger partial charge on any atom is -0.342 e. The summed E-state index contributed by atoms with van der Waals surface area (Å²) < 4.78 is 0. The van der Waals surface area contributed by atoms with Crippen LogP contribution in [0.2, 0.25) is 0 Å². The van der Waals surface area contributed by atoms with Crippen molar-refractivity contribution in [2.45, 2.75) is 12.8 Å². The Morgan fingerprint density at radius 1 is 1.05 bits per heavy atom. The van der Waals surface area contributed by atoms with Crippen LogP contribution in [0.5, 0.6) is 0 Å². The number of rotatable bonds is 5. The molecule has 2 aromatic carbocycles. The van der Waals surface area contributed by atoms with E-state index in [0.717, 1.165) is 36.2 Å². The predicted octanol–water partition coefficient (Wildman–Crippen LogP) is 2.92. The molecule has 0 unspecified atom stereocenters. The molecule has 1 heterocycles. The molecule has 1 aromatic heterocycles. The molecule has 0 saturated heterocycles. The minimum atomic E-state index is 0.849. The Labute approximate surface area is 119 Å². The van der Waals surface area contributed by atoms with Gasteiger partial charge in [-0.3, -0.25) is 0 Å². The fourth-order valence-electron chi connectivity index (χ4n) is 2.41. The second-order valence-corrected chi connectivity index (χ2v) is 5.05. The first-order valence-electron chi connectivity index (χ1n) is 7.01. The van der Waals surface area contributed by atoms with E-state index in [-0.39, 0.29) is 0 Å². The van der Waals surface area contributed by atoms with E-state index in [0.29, 0.717) is 0 Å². The number of nitrogens with zero attached hydrogens (tertiary/aromatic N) is 1.